The second-order valence-corrected chi connectivity index (χ2v) is 4.28. The maximum absolute atomic E-state index is 9.37. The summed E-state index contributed by atoms with van der Waals surface area (Å²) in [7, 11) is 0. The van der Waals surface area contributed by atoms with Gasteiger partial charge in [0.25, 0.3) is 0 Å². The smallest absolute Gasteiger partial charge is 0.303 e. The third-order valence-corrected chi connectivity index (χ3v) is 2.14. The van der Waals surface area contributed by atoms with Gasteiger partial charge in [-0.2, -0.15) is 0 Å². The molecule has 0 radical (unpaired) electrons. The van der Waals surface area contributed by atoms with Gasteiger partial charge >= 0.3 is 5.97 Å². The molecule has 0 aliphatic rings. The average molecular weight is 223 g/mol. The van der Waals surface area contributed by atoms with Gasteiger partial charge in [-0.15, -0.1) is 0 Å². The summed E-state index contributed by atoms with van der Waals surface area (Å²) in [4.78, 5) is 9.37. The number of carboxylic acid groups (broad SMARTS) is 1. The van der Waals surface area contributed by atoms with E-state index in [0.717, 1.165) is 0 Å². The van der Waals surface area contributed by atoms with Crippen LogP contribution in [0.2, 0.25) is 0 Å². The summed E-state index contributed by atoms with van der Waals surface area (Å²) in [5.74, 6) is -0.745. The van der Waals surface area contributed by atoms with Crippen LogP contribution in [0.5, 0.6) is 0 Å². The van der Waals surface area contributed by atoms with E-state index in [1.165, 1.54) is 11.1 Å². The van der Waals surface area contributed by atoms with E-state index in [1.54, 1.807) is 6.92 Å². The van der Waals surface area contributed by atoms with Crippen LogP contribution >= 0.6 is 0 Å². The highest BCUT2D eigenvalue weighted by Crippen LogP contribution is 2.19. The van der Waals surface area contributed by atoms with E-state index in [9.17, 15) is 4.79 Å². The first-order valence-corrected chi connectivity index (χ1v) is 5.35. The molecule has 3 N–H and O–H groups in total. The van der Waals surface area contributed by atoms with Crippen molar-refractivity contribution in [3.8, 4) is 0 Å². The molecule has 0 aromatic heterocycles. The number of carbonyl (C=O) groups is 1. The molecule has 16 heavy (non-hydrogen) atoms. The van der Waals surface area contributed by atoms with Crippen molar-refractivity contribution in [3.05, 3.63) is 35.4 Å². The zero-order valence-electron chi connectivity index (χ0n) is 10.4. The van der Waals surface area contributed by atoms with Crippen LogP contribution < -0.4 is 5.73 Å². The second-order valence-electron chi connectivity index (χ2n) is 4.28. The van der Waals surface area contributed by atoms with Crippen molar-refractivity contribution in [1.29, 1.82) is 0 Å². The molecule has 0 fully saturated rings. The van der Waals surface area contributed by atoms with Crippen LogP contribution in [0.15, 0.2) is 24.3 Å². The van der Waals surface area contributed by atoms with Crippen LogP contribution in [0.25, 0.3) is 0 Å². The minimum atomic E-state index is -0.745. The van der Waals surface area contributed by atoms with Gasteiger partial charge in [0.05, 0.1) is 0 Å². The Morgan fingerprint density at radius 3 is 2.06 bits per heavy atom. The quantitative estimate of drug-likeness (QED) is 0.810. The number of hydrogen-bond donors (Lipinski definition) is 2. The highest BCUT2D eigenvalue weighted by Gasteiger charge is 2.14. The van der Waals surface area contributed by atoms with Gasteiger partial charge < -0.3 is 10.8 Å². The standard InChI is InChI=1S/C10H15N.C3H6O2/c1-8-6-4-5-7-9(8)10(2,3)11;1-2-3(4)5/h4-7H,11H2,1-3H3;2H2,1H3,(H,4,5). The van der Waals surface area contributed by atoms with E-state index < -0.39 is 5.97 Å². The minimum absolute atomic E-state index is 0.217. The summed E-state index contributed by atoms with van der Waals surface area (Å²) < 4.78 is 0. The fraction of sp³-hybridized carbons (Fsp3) is 0.462. The van der Waals surface area contributed by atoms with E-state index in [1.807, 2.05) is 26.0 Å². The maximum atomic E-state index is 9.37. The van der Waals surface area contributed by atoms with Gasteiger partial charge in [-0.25, -0.2) is 0 Å². The molecule has 0 spiro atoms. The fourth-order valence-corrected chi connectivity index (χ4v) is 1.30. The van der Waals surface area contributed by atoms with Gasteiger partial charge in [-0.1, -0.05) is 31.2 Å². The Labute approximate surface area is 97.3 Å². The van der Waals surface area contributed by atoms with Crippen LogP contribution in [0.3, 0.4) is 0 Å². The first-order chi connectivity index (χ1) is 7.29. The Morgan fingerprint density at radius 2 is 1.81 bits per heavy atom. The fourth-order valence-electron chi connectivity index (χ4n) is 1.30. The lowest BCUT2D eigenvalue weighted by Crippen LogP contribution is -2.29. The van der Waals surface area contributed by atoms with Crippen LogP contribution in [-0.4, -0.2) is 11.1 Å². The molecule has 0 unspecified atom stereocenters. The lowest BCUT2D eigenvalue weighted by molar-refractivity contribution is -0.136. The Balaban J connectivity index is 0.000000385. The Kier molecular flexibility index (Phi) is 5.75. The van der Waals surface area contributed by atoms with Crippen molar-refractivity contribution in [2.45, 2.75) is 39.7 Å². The normalized spacial score (nSPS) is 10.3. The van der Waals surface area contributed by atoms with E-state index in [4.69, 9.17) is 10.8 Å². The monoisotopic (exact) mass is 223 g/mol. The van der Waals surface area contributed by atoms with Crippen LogP contribution in [0.4, 0.5) is 0 Å². The summed E-state index contributed by atoms with van der Waals surface area (Å²) in [5, 5.41) is 7.72. The number of rotatable bonds is 2. The first kappa shape index (κ1) is 14.6. The van der Waals surface area contributed by atoms with Gasteiger partial charge in [0.15, 0.2) is 0 Å². The van der Waals surface area contributed by atoms with E-state index >= 15 is 0 Å². The van der Waals surface area contributed by atoms with E-state index in [2.05, 4.69) is 19.1 Å². The van der Waals surface area contributed by atoms with E-state index in [0.29, 0.717) is 0 Å². The molecule has 0 amide bonds. The number of nitrogens with two attached hydrogens (primary N) is 1. The van der Waals surface area contributed by atoms with Gasteiger partial charge in [-0.05, 0) is 31.9 Å². The van der Waals surface area contributed by atoms with Crippen molar-refractivity contribution < 1.29 is 9.90 Å². The van der Waals surface area contributed by atoms with Crippen molar-refractivity contribution in [1.82, 2.24) is 0 Å². The first-order valence-electron chi connectivity index (χ1n) is 5.35. The predicted molar refractivity (Wildman–Crippen MR) is 66.3 cm³/mol. The summed E-state index contributed by atoms with van der Waals surface area (Å²) >= 11 is 0. The van der Waals surface area contributed by atoms with Crippen molar-refractivity contribution in [2.75, 3.05) is 0 Å². The second kappa shape index (κ2) is 6.28. The lowest BCUT2D eigenvalue weighted by Gasteiger charge is -2.21. The number of aliphatic carboxylic acids is 1. The number of carboxylic acids is 1. The Bertz CT molecular complexity index is 340. The predicted octanol–water partition coefficient (Wildman–Crippen LogP) is 2.67. The molecular formula is C13H21NO2. The van der Waals surface area contributed by atoms with Gasteiger partial charge in [0, 0.05) is 12.0 Å². The highest BCUT2D eigenvalue weighted by atomic mass is 16.4. The molecule has 3 nitrogen and oxygen atoms in total. The van der Waals surface area contributed by atoms with Crippen molar-refractivity contribution in [2.24, 2.45) is 5.73 Å². The maximum Gasteiger partial charge on any atom is 0.303 e. The molecule has 0 bridgehead atoms. The molecule has 0 aliphatic heterocycles. The molecule has 0 heterocycles. The zero-order valence-corrected chi connectivity index (χ0v) is 10.4. The summed E-state index contributed by atoms with van der Waals surface area (Å²) in [6.07, 6.45) is 0.222. The van der Waals surface area contributed by atoms with Crippen molar-refractivity contribution in [3.63, 3.8) is 0 Å². The van der Waals surface area contributed by atoms with Crippen LogP contribution in [-0.2, 0) is 10.3 Å². The third-order valence-electron chi connectivity index (χ3n) is 2.14. The minimum Gasteiger partial charge on any atom is -0.481 e. The zero-order chi connectivity index (χ0) is 12.8. The lowest BCUT2D eigenvalue weighted by atomic mass is 9.92. The summed E-state index contributed by atoms with van der Waals surface area (Å²) in [6.45, 7) is 7.73. The molecule has 90 valence electrons. The van der Waals surface area contributed by atoms with Crippen LogP contribution in [0.1, 0.15) is 38.3 Å². The molecule has 0 saturated carbocycles. The molecule has 0 saturated heterocycles. The largest absolute Gasteiger partial charge is 0.481 e. The Morgan fingerprint density at radius 1 is 1.38 bits per heavy atom. The van der Waals surface area contributed by atoms with E-state index in [-0.39, 0.29) is 12.0 Å². The molecule has 1 aromatic rings. The number of benzene rings is 1. The van der Waals surface area contributed by atoms with Gasteiger partial charge in [0.2, 0.25) is 0 Å². The topological polar surface area (TPSA) is 63.3 Å². The Hall–Kier alpha value is -1.35. The molecule has 0 atom stereocenters. The molecule has 3 heteroatoms. The molecular weight excluding hydrogens is 202 g/mol. The average Bonchev–Trinajstić information content (AvgIpc) is 2.17. The SMILES string of the molecule is CCC(=O)O.Cc1ccccc1C(C)(C)N. The summed E-state index contributed by atoms with van der Waals surface area (Å²) in [6, 6.07) is 8.22. The molecule has 1 rings (SSSR count). The van der Waals surface area contributed by atoms with Gasteiger partial charge in [0.1, 0.15) is 0 Å². The van der Waals surface area contributed by atoms with Gasteiger partial charge in [-0.3, -0.25) is 4.79 Å². The summed E-state index contributed by atoms with van der Waals surface area (Å²) in [5.41, 5.74) is 8.23. The number of hydrogen-bond acceptors (Lipinski definition) is 2. The number of aryl methyl sites for hydroxylation is 1. The highest BCUT2D eigenvalue weighted by molar-refractivity contribution is 5.66. The molecule has 1 aromatic carbocycles. The third kappa shape index (κ3) is 5.51. The van der Waals surface area contributed by atoms with Crippen LogP contribution in [0, 0.1) is 6.92 Å². The molecule has 0 aliphatic carbocycles. The van der Waals surface area contributed by atoms with Crippen molar-refractivity contribution >= 4 is 5.97 Å².